The van der Waals surface area contributed by atoms with Crippen LogP contribution >= 0.6 is 0 Å². The molecule has 2 N–H and O–H groups in total. The predicted octanol–water partition coefficient (Wildman–Crippen LogP) is 3.92. The van der Waals surface area contributed by atoms with Crippen molar-refractivity contribution in [3.63, 3.8) is 0 Å². The summed E-state index contributed by atoms with van der Waals surface area (Å²) in [6.45, 7) is 0.552. The van der Waals surface area contributed by atoms with Gasteiger partial charge in [-0.25, -0.2) is 18.4 Å². The number of carbonyl (C=O) groups excluding carboxylic acids is 1. The summed E-state index contributed by atoms with van der Waals surface area (Å²) in [6.07, 6.45) is -0.777. The fourth-order valence-electron chi connectivity index (χ4n) is 4.33. The molecule has 36 heavy (non-hydrogen) atoms. The quantitative estimate of drug-likeness (QED) is 0.532. The lowest BCUT2D eigenvalue weighted by Gasteiger charge is -2.32. The van der Waals surface area contributed by atoms with Gasteiger partial charge in [-0.2, -0.15) is 17.5 Å². The van der Waals surface area contributed by atoms with Crippen LogP contribution in [-0.4, -0.2) is 47.7 Å². The molecule has 5 rings (SSSR count). The Labute approximate surface area is 205 Å². The highest BCUT2D eigenvalue weighted by Gasteiger charge is 2.32. The molecule has 0 unspecified atom stereocenters. The first-order valence-electron chi connectivity index (χ1n) is 11.3. The number of nitrogens with zero attached hydrogens (tertiary/aromatic N) is 3. The Morgan fingerprint density at radius 3 is 2.33 bits per heavy atom. The van der Waals surface area contributed by atoms with Gasteiger partial charge in [0.2, 0.25) is 15.9 Å². The molecule has 1 fully saturated rings. The molecule has 188 valence electrons. The van der Waals surface area contributed by atoms with E-state index in [1.807, 2.05) is 6.07 Å². The van der Waals surface area contributed by atoms with Crippen LogP contribution in [0.5, 0.6) is 0 Å². The van der Waals surface area contributed by atoms with E-state index >= 15 is 0 Å². The molecule has 4 heterocycles. The number of hydrogen-bond acceptors (Lipinski definition) is 6. The molecule has 12 heteroatoms. The van der Waals surface area contributed by atoms with E-state index in [1.165, 1.54) is 10.4 Å². The molecule has 1 aromatic carbocycles. The maximum Gasteiger partial charge on any atom is 0.417 e. The zero-order valence-corrected chi connectivity index (χ0v) is 19.7. The van der Waals surface area contributed by atoms with Crippen LogP contribution in [0, 0.1) is 0 Å². The molecular formula is C24H22F3N5O3S. The summed E-state index contributed by atoms with van der Waals surface area (Å²) in [5.74, 6) is 0.765. The molecule has 3 aromatic rings. The first kappa shape index (κ1) is 24.2. The lowest BCUT2D eigenvalue weighted by atomic mass is 10.1. The molecule has 0 spiro atoms. The largest absolute Gasteiger partial charge is 0.417 e. The lowest BCUT2D eigenvalue weighted by molar-refractivity contribution is -0.137. The van der Waals surface area contributed by atoms with E-state index in [0.29, 0.717) is 24.5 Å². The third-order valence-electron chi connectivity index (χ3n) is 6.30. The van der Waals surface area contributed by atoms with Crippen LogP contribution < -0.4 is 10.6 Å². The van der Waals surface area contributed by atoms with Crippen LogP contribution in [0.15, 0.2) is 59.8 Å². The fraction of sp³-hybridized carbons (Fsp3) is 0.292. The molecule has 8 nitrogen and oxygen atoms in total. The number of alkyl halides is 3. The van der Waals surface area contributed by atoms with Crippen LogP contribution in [0.1, 0.15) is 24.0 Å². The summed E-state index contributed by atoms with van der Waals surface area (Å²) in [4.78, 5) is 19.8. The molecule has 0 atom stereocenters. The van der Waals surface area contributed by atoms with Gasteiger partial charge < -0.3 is 10.6 Å². The van der Waals surface area contributed by atoms with Crippen LogP contribution in [0.3, 0.4) is 0 Å². The van der Waals surface area contributed by atoms with Crippen molar-refractivity contribution in [3.8, 4) is 11.1 Å². The van der Waals surface area contributed by atoms with E-state index in [1.54, 1.807) is 30.5 Å². The summed E-state index contributed by atoms with van der Waals surface area (Å²) >= 11 is 0. The van der Waals surface area contributed by atoms with E-state index < -0.39 is 21.8 Å². The van der Waals surface area contributed by atoms with Crippen molar-refractivity contribution in [2.45, 2.75) is 36.4 Å². The molecule has 0 bridgehead atoms. The van der Waals surface area contributed by atoms with Gasteiger partial charge in [0, 0.05) is 42.7 Å². The van der Waals surface area contributed by atoms with Crippen LogP contribution in [0.25, 0.3) is 11.1 Å². The maximum atomic E-state index is 13.1. The number of amides is 1. The number of fused-ring (bicyclic) bond motifs is 1. The lowest BCUT2D eigenvalue weighted by Crippen LogP contribution is -2.42. The van der Waals surface area contributed by atoms with Gasteiger partial charge in [-0.3, -0.25) is 4.79 Å². The second kappa shape index (κ2) is 9.17. The number of hydrogen-bond donors (Lipinski definition) is 2. The van der Waals surface area contributed by atoms with Crippen molar-refractivity contribution >= 4 is 27.6 Å². The molecule has 0 radical (unpaired) electrons. The Bertz CT molecular complexity index is 1390. The average Bonchev–Trinajstić information content (AvgIpc) is 3.23. The maximum absolute atomic E-state index is 13.1. The second-order valence-electron chi connectivity index (χ2n) is 8.73. The van der Waals surface area contributed by atoms with Crippen molar-refractivity contribution in [1.82, 2.24) is 14.3 Å². The summed E-state index contributed by atoms with van der Waals surface area (Å²) in [6, 6.07) is 10.5. The number of rotatable bonds is 5. The number of anilines is 2. The molecule has 0 aliphatic carbocycles. The minimum absolute atomic E-state index is 0.100. The third-order valence-corrected chi connectivity index (χ3v) is 8.21. The topological polar surface area (TPSA) is 104 Å². The van der Waals surface area contributed by atoms with Crippen molar-refractivity contribution in [3.05, 3.63) is 66.0 Å². The third kappa shape index (κ3) is 4.91. The molecule has 0 saturated carbocycles. The Balaban J connectivity index is 1.21. The first-order valence-corrected chi connectivity index (χ1v) is 12.7. The minimum Gasteiger partial charge on any atom is -0.367 e. The van der Waals surface area contributed by atoms with E-state index in [9.17, 15) is 26.4 Å². The number of piperidine rings is 1. The van der Waals surface area contributed by atoms with Gasteiger partial charge in [0.15, 0.2) is 0 Å². The predicted molar refractivity (Wildman–Crippen MR) is 127 cm³/mol. The Morgan fingerprint density at radius 1 is 0.972 bits per heavy atom. The van der Waals surface area contributed by atoms with Gasteiger partial charge in [0.1, 0.15) is 11.6 Å². The molecule has 2 aromatic heterocycles. The number of aromatic nitrogens is 2. The van der Waals surface area contributed by atoms with Crippen molar-refractivity contribution in [1.29, 1.82) is 0 Å². The summed E-state index contributed by atoms with van der Waals surface area (Å²) < 4.78 is 65.8. The molecule has 1 amide bonds. The smallest absolute Gasteiger partial charge is 0.367 e. The average molecular weight is 518 g/mol. The highest BCUT2D eigenvalue weighted by atomic mass is 32.2. The monoisotopic (exact) mass is 517 g/mol. The molecule has 2 aliphatic rings. The minimum atomic E-state index is -4.45. The van der Waals surface area contributed by atoms with E-state index in [2.05, 4.69) is 20.6 Å². The zero-order chi connectivity index (χ0) is 25.5. The van der Waals surface area contributed by atoms with Gasteiger partial charge >= 0.3 is 6.18 Å². The number of sulfonamides is 1. The van der Waals surface area contributed by atoms with Crippen LogP contribution in [0.4, 0.5) is 24.8 Å². The number of carbonyl (C=O) groups is 1. The number of benzene rings is 1. The number of pyridine rings is 2. The van der Waals surface area contributed by atoms with E-state index in [4.69, 9.17) is 0 Å². The molecular weight excluding hydrogens is 495 g/mol. The fourth-order valence-corrected chi connectivity index (χ4v) is 5.80. The van der Waals surface area contributed by atoms with Gasteiger partial charge in [0.25, 0.3) is 0 Å². The first-order chi connectivity index (χ1) is 17.1. The normalized spacial score (nSPS) is 17.0. The van der Waals surface area contributed by atoms with Crippen molar-refractivity contribution in [2.75, 3.05) is 23.7 Å². The van der Waals surface area contributed by atoms with Crippen molar-refractivity contribution in [2.24, 2.45) is 0 Å². The van der Waals surface area contributed by atoms with E-state index in [-0.39, 0.29) is 36.4 Å². The van der Waals surface area contributed by atoms with E-state index in [0.717, 1.165) is 29.0 Å². The summed E-state index contributed by atoms with van der Waals surface area (Å²) in [5.41, 5.74) is 1.56. The Morgan fingerprint density at radius 2 is 1.69 bits per heavy atom. The van der Waals surface area contributed by atoms with Gasteiger partial charge in [-0.05, 0) is 48.7 Å². The SMILES string of the molecule is O=C1Cc2cc(-c3ccc(S(=O)(=O)N4CCC(Nc5ccc(C(F)(F)F)cn5)CC4)cc3)cnc2N1. The Hall–Kier alpha value is -3.51. The molecule has 1 saturated heterocycles. The number of nitrogens with one attached hydrogen (secondary N) is 2. The second-order valence-corrected chi connectivity index (χ2v) is 10.7. The van der Waals surface area contributed by atoms with Gasteiger partial charge in [0.05, 0.1) is 16.9 Å². The van der Waals surface area contributed by atoms with Gasteiger partial charge in [-0.15, -0.1) is 0 Å². The van der Waals surface area contributed by atoms with Crippen LogP contribution in [0.2, 0.25) is 0 Å². The zero-order valence-electron chi connectivity index (χ0n) is 18.9. The number of halogens is 3. The summed E-state index contributed by atoms with van der Waals surface area (Å²) in [7, 11) is -3.70. The van der Waals surface area contributed by atoms with Crippen LogP contribution in [-0.2, 0) is 27.4 Å². The molecule has 2 aliphatic heterocycles. The van der Waals surface area contributed by atoms with Crippen molar-refractivity contribution < 1.29 is 26.4 Å². The van der Waals surface area contributed by atoms with Gasteiger partial charge in [-0.1, -0.05) is 12.1 Å². The Kier molecular flexibility index (Phi) is 6.17. The highest BCUT2D eigenvalue weighted by molar-refractivity contribution is 7.89. The summed E-state index contributed by atoms with van der Waals surface area (Å²) in [5, 5.41) is 5.77. The highest BCUT2D eigenvalue weighted by Crippen LogP contribution is 2.30. The standard InChI is InChI=1S/C24H22F3N5O3S/c25-24(26,27)18-3-6-21(28-14-18)30-19-7-9-32(10-8-19)36(34,35)20-4-1-15(2-5-20)17-11-16-12-22(33)31-23(16)29-13-17/h1-6,11,13-14,19H,7-10,12H2,(H,28,30)(H,29,31,33).